The fourth-order valence-electron chi connectivity index (χ4n) is 1.92. The molecule has 0 heterocycles. The summed E-state index contributed by atoms with van der Waals surface area (Å²) in [6, 6.07) is 14.5. The van der Waals surface area contributed by atoms with Crippen LogP contribution < -0.4 is 14.9 Å². The van der Waals surface area contributed by atoms with Gasteiger partial charge in [-0.25, -0.2) is 5.43 Å². The van der Waals surface area contributed by atoms with Crippen LogP contribution in [0.25, 0.3) is 0 Å². The van der Waals surface area contributed by atoms with E-state index in [-0.39, 0.29) is 5.91 Å². The van der Waals surface area contributed by atoms with Crippen LogP contribution in [0.5, 0.6) is 11.5 Å². The van der Waals surface area contributed by atoms with Crippen molar-refractivity contribution in [2.75, 3.05) is 14.2 Å². The van der Waals surface area contributed by atoms with Crippen LogP contribution in [-0.4, -0.2) is 25.8 Å². The van der Waals surface area contributed by atoms with E-state index in [0.717, 1.165) is 11.3 Å². The molecule has 0 unspecified atom stereocenters. The second-order valence-corrected chi connectivity index (χ2v) is 4.57. The third-order valence-electron chi connectivity index (χ3n) is 3.18. The summed E-state index contributed by atoms with van der Waals surface area (Å²) in [5.74, 6) is 0.970. The Bertz CT molecular complexity index is 679. The van der Waals surface area contributed by atoms with E-state index < -0.39 is 0 Å². The number of nitrogens with zero attached hydrogens (tertiary/aromatic N) is 1. The normalized spacial score (nSPS) is 11.0. The molecule has 2 aromatic rings. The molecule has 1 amide bonds. The van der Waals surface area contributed by atoms with Gasteiger partial charge < -0.3 is 9.47 Å². The lowest BCUT2D eigenvalue weighted by molar-refractivity contribution is 0.0952. The van der Waals surface area contributed by atoms with E-state index in [1.165, 1.54) is 7.11 Å². The minimum absolute atomic E-state index is 0.315. The lowest BCUT2D eigenvalue weighted by Crippen LogP contribution is -2.20. The van der Waals surface area contributed by atoms with Crippen molar-refractivity contribution in [3.63, 3.8) is 0 Å². The highest BCUT2D eigenvalue weighted by Crippen LogP contribution is 2.17. The Hall–Kier alpha value is -2.82. The molecule has 114 valence electrons. The second kappa shape index (κ2) is 7.26. The average Bonchev–Trinajstić information content (AvgIpc) is 2.59. The zero-order valence-corrected chi connectivity index (χ0v) is 12.8. The van der Waals surface area contributed by atoms with Gasteiger partial charge >= 0.3 is 0 Å². The smallest absolute Gasteiger partial charge is 0.275 e. The van der Waals surface area contributed by atoms with Gasteiger partial charge in [-0.3, -0.25) is 4.79 Å². The fraction of sp³-hybridized carbons (Fsp3) is 0.176. The molecule has 0 aliphatic rings. The predicted molar refractivity (Wildman–Crippen MR) is 85.7 cm³/mol. The first kappa shape index (κ1) is 15.6. The van der Waals surface area contributed by atoms with E-state index >= 15 is 0 Å². The zero-order chi connectivity index (χ0) is 15.9. The molecule has 0 bridgehead atoms. The first-order valence-electron chi connectivity index (χ1n) is 6.77. The van der Waals surface area contributed by atoms with Crippen LogP contribution in [0.3, 0.4) is 0 Å². The molecule has 0 radical (unpaired) electrons. The van der Waals surface area contributed by atoms with Crippen LogP contribution in [0, 0.1) is 0 Å². The summed E-state index contributed by atoms with van der Waals surface area (Å²) >= 11 is 0. The summed E-state index contributed by atoms with van der Waals surface area (Å²) in [5, 5.41) is 4.12. The van der Waals surface area contributed by atoms with Crippen LogP contribution in [0.2, 0.25) is 0 Å². The maximum Gasteiger partial charge on any atom is 0.275 e. The van der Waals surface area contributed by atoms with Crippen molar-refractivity contribution in [1.29, 1.82) is 0 Å². The zero-order valence-electron chi connectivity index (χ0n) is 12.8. The molecule has 0 aliphatic carbocycles. The summed E-state index contributed by atoms with van der Waals surface area (Å²) in [4.78, 5) is 12.1. The molecule has 2 aromatic carbocycles. The number of amides is 1. The van der Waals surface area contributed by atoms with E-state index in [1.807, 2.05) is 37.3 Å². The van der Waals surface area contributed by atoms with Crippen molar-refractivity contribution in [2.24, 2.45) is 5.10 Å². The molecule has 2 rings (SSSR count). The van der Waals surface area contributed by atoms with E-state index in [1.54, 1.807) is 25.3 Å². The molecule has 0 atom stereocenters. The first-order valence-corrected chi connectivity index (χ1v) is 6.77. The number of ether oxygens (including phenoxy) is 2. The Morgan fingerprint density at radius 2 is 1.68 bits per heavy atom. The number of carbonyl (C=O) groups is 1. The fourth-order valence-corrected chi connectivity index (χ4v) is 1.92. The van der Waals surface area contributed by atoms with E-state index in [2.05, 4.69) is 10.5 Å². The monoisotopic (exact) mass is 298 g/mol. The molecule has 0 aliphatic heterocycles. The van der Waals surface area contributed by atoms with Gasteiger partial charge in [-0.15, -0.1) is 0 Å². The average molecular weight is 298 g/mol. The van der Waals surface area contributed by atoms with Gasteiger partial charge in [0.2, 0.25) is 0 Å². The van der Waals surface area contributed by atoms with Crippen molar-refractivity contribution in [1.82, 2.24) is 5.43 Å². The number of rotatable bonds is 5. The standard InChI is InChI=1S/C17H18N2O3/c1-12(13-8-10-14(21-2)11-9-13)18-19-17(20)15-6-4-5-7-16(15)22-3/h4-11H,1-3H3,(H,19,20)/b18-12+. The van der Waals surface area contributed by atoms with Crippen molar-refractivity contribution in [2.45, 2.75) is 6.92 Å². The molecule has 1 N–H and O–H groups in total. The van der Waals surface area contributed by atoms with Crippen LogP contribution in [-0.2, 0) is 0 Å². The van der Waals surface area contributed by atoms with Gasteiger partial charge in [0.05, 0.1) is 25.5 Å². The minimum Gasteiger partial charge on any atom is -0.497 e. The molecular formula is C17H18N2O3. The third-order valence-corrected chi connectivity index (χ3v) is 3.18. The molecule has 0 saturated carbocycles. The van der Waals surface area contributed by atoms with Gasteiger partial charge in [-0.2, -0.15) is 5.10 Å². The Morgan fingerprint density at radius 1 is 1.00 bits per heavy atom. The molecule has 22 heavy (non-hydrogen) atoms. The van der Waals surface area contributed by atoms with Crippen LogP contribution in [0.1, 0.15) is 22.8 Å². The van der Waals surface area contributed by atoms with E-state index in [0.29, 0.717) is 17.0 Å². The molecule has 5 nitrogen and oxygen atoms in total. The number of nitrogens with one attached hydrogen (secondary N) is 1. The topological polar surface area (TPSA) is 59.9 Å². The number of benzene rings is 2. The number of hydrazone groups is 1. The van der Waals surface area contributed by atoms with Crippen LogP contribution in [0.4, 0.5) is 0 Å². The quantitative estimate of drug-likeness (QED) is 0.682. The maximum atomic E-state index is 12.1. The maximum absolute atomic E-state index is 12.1. The van der Waals surface area contributed by atoms with Crippen LogP contribution >= 0.6 is 0 Å². The molecule has 0 fully saturated rings. The summed E-state index contributed by atoms with van der Waals surface area (Å²) in [7, 11) is 3.14. The number of carbonyl (C=O) groups excluding carboxylic acids is 1. The van der Waals surface area contributed by atoms with Crippen LogP contribution in [0.15, 0.2) is 53.6 Å². The number of hydrogen-bond acceptors (Lipinski definition) is 4. The van der Waals surface area contributed by atoms with Gasteiger partial charge in [0.25, 0.3) is 5.91 Å². The van der Waals surface area contributed by atoms with Gasteiger partial charge in [0.1, 0.15) is 11.5 Å². The van der Waals surface area contributed by atoms with Crippen molar-refractivity contribution < 1.29 is 14.3 Å². The Kier molecular flexibility index (Phi) is 5.14. The van der Waals surface area contributed by atoms with Gasteiger partial charge in [0.15, 0.2) is 0 Å². The highest BCUT2D eigenvalue weighted by molar-refractivity contribution is 6.01. The number of para-hydroxylation sites is 1. The summed E-state index contributed by atoms with van der Waals surface area (Å²) in [6.45, 7) is 1.82. The third kappa shape index (κ3) is 3.63. The predicted octanol–water partition coefficient (Wildman–Crippen LogP) is 2.86. The summed E-state index contributed by atoms with van der Waals surface area (Å²) in [6.07, 6.45) is 0. The molecular weight excluding hydrogens is 280 g/mol. The lowest BCUT2D eigenvalue weighted by atomic mass is 10.1. The lowest BCUT2D eigenvalue weighted by Gasteiger charge is -2.07. The minimum atomic E-state index is -0.315. The molecule has 5 heteroatoms. The van der Waals surface area contributed by atoms with Crippen molar-refractivity contribution in [3.8, 4) is 11.5 Å². The van der Waals surface area contributed by atoms with E-state index in [9.17, 15) is 4.79 Å². The highest BCUT2D eigenvalue weighted by Gasteiger charge is 2.10. The van der Waals surface area contributed by atoms with Crippen molar-refractivity contribution >= 4 is 11.6 Å². The molecule has 0 spiro atoms. The Morgan fingerprint density at radius 3 is 2.32 bits per heavy atom. The van der Waals surface area contributed by atoms with E-state index in [4.69, 9.17) is 9.47 Å². The summed E-state index contributed by atoms with van der Waals surface area (Å²) < 4.78 is 10.3. The Labute approximate surface area is 129 Å². The number of methoxy groups -OCH3 is 2. The highest BCUT2D eigenvalue weighted by atomic mass is 16.5. The molecule has 0 saturated heterocycles. The SMILES string of the molecule is COc1ccc(/C(C)=N/NC(=O)c2ccccc2OC)cc1. The van der Waals surface area contributed by atoms with Gasteiger partial charge in [-0.05, 0) is 48.9 Å². The second-order valence-electron chi connectivity index (χ2n) is 4.57. The first-order chi connectivity index (χ1) is 10.7. The Balaban J connectivity index is 2.11. The largest absolute Gasteiger partial charge is 0.497 e. The van der Waals surface area contributed by atoms with Gasteiger partial charge in [0, 0.05) is 0 Å². The number of hydrogen-bond donors (Lipinski definition) is 1. The van der Waals surface area contributed by atoms with Gasteiger partial charge in [-0.1, -0.05) is 12.1 Å². The summed E-state index contributed by atoms with van der Waals surface area (Å²) in [5.41, 5.74) is 4.58. The van der Waals surface area contributed by atoms with Crippen molar-refractivity contribution in [3.05, 3.63) is 59.7 Å². The molecule has 0 aromatic heterocycles.